The van der Waals surface area contributed by atoms with Crippen LogP contribution in [-0.4, -0.2) is 22.1 Å². The van der Waals surface area contributed by atoms with Gasteiger partial charge in [0.25, 0.3) is 0 Å². The molecule has 5 nitrogen and oxygen atoms in total. The van der Waals surface area contributed by atoms with Gasteiger partial charge in [-0.05, 0) is 23.3 Å². The van der Waals surface area contributed by atoms with E-state index in [2.05, 4.69) is 5.32 Å². The Morgan fingerprint density at radius 3 is 2.19 bits per heavy atom. The first-order valence-electron chi connectivity index (χ1n) is 6.41. The molecule has 0 aliphatic rings. The SMILES string of the molecule is O=C(Cc1ccccc1)N[C@@H](C(=O)O)c1ccc(O)cc1. The molecule has 0 fully saturated rings. The van der Waals surface area contributed by atoms with E-state index in [9.17, 15) is 19.8 Å². The number of aromatic hydroxyl groups is 1. The van der Waals surface area contributed by atoms with Crippen molar-refractivity contribution in [2.75, 3.05) is 0 Å². The summed E-state index contributed by atoms with van der Waals surface area (Å²) in [5.74, 6) is -1.48. The molecular weight excluding hydrogens is 270 g/mol. The number of carbonyl (C=O) groups excluding carboxylic acids is 1. The number of benzene rings is 2. The first-order chi connectivity index (χ1) is 10.1. The van der Waals surface area contributed by atoms with Crippen molar-refractivity contribution >= 4 is 11.9 Å². The van der Waals surface area contributed by atoms with E-state index in [1.165, 1.54) is 24.3 Å². The molecule has 5 heteroatoms. The molecule has 0 aliphatic carbocycles. The third-order valence-corrected chi connectivity index (χ3v) is 2.99. The second-order valence-corrected chi connectivity index (χ2v) is 4.59. The van der Waals surface area contributed by atoms with Gasteiger partial charge < -0.3 is 15.5 Å². The molecule has 0 saturated carbocycles. The van der Waals surface area contributed by atoms with E-state index in [4.69, 9.17) is 0 Å². The monoisotopic (exact) mass is 285 g/mol. The van der Waals surface area contributed by atoms with Crippen molar-refractivity contribution in [2.45, 2.75) is 12.5 Å². The van der Waals surface area contributed by atoms with Gasteiger partial charge in [-0.2, -0.15) is 0 Å². The molecule has 0 radical (unpaired) electrons. The predicted molar refractivity (Wildman–Crippen MR) is 76.8 cm³/mol. The van der Waals surface area contributed by atoms with Gasteiger partial charge in [0, 0.05) is 0 Å². The predicted octanol–water partition coefficient (Wildman–Crippen LogP) is 1.88. The van der Waals surface area contributed by atoms with E-state index >= 15 is 0 Å². The van der Waals surface area contributed by atoms with Gasteiger partial charge in [0.15, 0.2) is 6.04 Å². The second kappa shape index (κ2) is 6.56. The molecule has 0 aromatic heterocycles. The number of aliphatic carboxylic acids is 1. The lowest BCUT2D eigenvalue weighted by atomic mass is 10.1. The highest BCUT2D eigenvalue weighted by Crippen LogP contribution is 2.17. The number of amides is 1. The Morgan fingerprint density at radius 1 is 1.00 bits per heavy atom. The lowest BCUT2D eigenvalue weighted by Gasteiger charge is -2.15. The van der Waals surface area contributed by atoms with Crippen molar-refractivity contribution in [2.24, 2.45) is 0 Å². The standard InChI is InChI=1S/C16H15NO4/c18-13-8-6-12(7-9-13)15(16(20)21)17-14(19)10-11-4-2-1-3-5-11/h1-9,15,18H,10H2,(H,17,19)(H,20,21)/t15-/m1/s1. The molecule has 0 spiro atoms. The van der Waals surface area contributed by atoms with Crippen LogP contribution in [0.4, 0.5) is 0 Å². The molecule has 2 aromatic carbocycles. The smallest absolute Gasteiger partial charge is 0.330 e. The number of carboxylic acid groups (broad SMARTS) is 1. The number of phenolic OH excluding ortho intramolecular Hbond substituents is 1. The van der Waals surface area contributed by atoms with E-state index in [1.807, 2.05) is 18.2 Å². The molecule has 1 atom stereocenters. The molecular formula is C16H15NO4. The average molecular weight is 285 g/mol. The van der Waals surface area contributed by atoms with Gasteiger partial charge in [-0.15, -0.1) is 0 Å². The largest absolute Gasteiger partial charge is 0.508 e. The Hall–Kier alpha value is -2.82. The van der Waals surface area contributed by atoms with Gasteiger partial charge in [0.1, 0.15) is 5.75 Å². The van der Waals surface area contributed by atoms with Crippen LogP contribution < -0.4 is 5.32 Å². The summed E-state index contributed by atoms with van der Waals surface area (Å²) in [6.07, 6.45) is 0.114. The molecule has 0 unspecified atom stereocenters. The minimum absolute atomic E-state index is 0.0403. The number of hydrogen-bond acceptors (Lipinski definition) is 3. The number of carbonyl (C=O) groups is 2. The lowest BCUT2D eigenvalue weighted by molar-refractivity contribution is -0.141. The van der Waals surface area contributed by atoms with Crippen molar-refractivity contribution in [3.8, 4) is 5.75 Å². The van der Waals surface area contributed by atoms with Crippen LogP contribution in [0, 0.1) is 0 Å². The summed E-state index contributed by atoms with van der Waals surface area (Å²) in [4.78, 5) is 23.2. The number of rotatable bonds is 5. The molecule has 0 saturated heterocycles. The lowest BCUT2D eigenvalue weighted by Crippen LogP contribution is -2.34. The van der Waals surface area contributed by atoms with Gasteiger partial charge in [0.05, 0.1) is 6.42 Å². The van der Waals surface area contributed by atoms with Crippen molar-refractivity contribution in [1.29, 1.82) is 0 Å². The Bertz CT molecular complexity index is 622. The summed E-state index contributed by atoms with van der Waals surface area (Å²) in [5, 5.41) is 20.9. The van der Waals surface area contributed by atoms with Crippen molar-refractivity contribution in [3.05, 3.63) is 65.7 Å². The Morgan fingerprint density at radius 2 is 1.62 bits per heavy atom. The van der Waals surface area contributed by atoms with E-state index in [0.29, 0.717) is 5.56 Å². The summed E-state index contributed by atoms with van der Waals surface area (Å²) < 4.78 is 0. The van der Waals surface area contributed by atoms with Crippen LogP contribution in [0.2, 0.25) is 0 Å². The van der Waals surface area contributed by atoms with Gasteiger partial charge in [0.2, 0.25) is 5.91 Å². The van der Waals surface area contributed by atoms with Crippen LogP contribution in [0.25, 0.3) is 0 Å². The van der Waals surface area contributed by atoms with Gasteiger partial charge in [-0.3, -0.25) is 4.79 Å². The Kier molecular flexibility index (Phi) is 4.56. The van der Waals surface area contributed by atoms with Crippen LogP contribution >= 0.6 is 0 Å². The van der Waals surface area contributed by atoms with Crippen LogP contribution in [0.5, 0.6) is 5.75 Å². The second-order valence-electron chi connectivity index (χ2n) is 4.59. The maximum Gasteiger partial charge on any atom is 0.330 e. The highest BCUT2D eigenvalue weighted by molar-refractivity contribution is 5.85. The van der Waals surface area contributed by atoms with Gasteiger partial charge >= 0.3 is 5.97 Å². The van der Waals surface area contributed by atoms with Gasteiger partial charge in [-0.25, -0.2) is 4.79 Å². The molecule has 2 rings (SSSR count). The minimum atomic E-state index is -1.15. The third kappa shape index (κ3) is 4.07. The third-order valence-electron chi connectivity index (χ3n) is 2.99. The number of nitrogens with one attached hydrogen (secondary N) is 1. The fraction of sp³-hybridized carbons (Fsp3) is 0.125. The highest BCUT2D eigenvalue weighted by atomic mass is 16.4. The summed E-state index contributed by atoms with van der Waals surface area (Å²) in [6.45, 7) is 0. The molecule has 3 N–H and O–H groups in total. The summed E-state index contributed by atoms with van der Waals surface area (Å²) >= 11 is 0. The van der Waals surface area contributed by atoms with Crippen molar-refractivity contribution in [3.63, 3.8) is 0 Å². The normalized spacial score (nSPS) is 11.6. The quantitative estimate of drug-likeness (QED) is 0.782. The Balaban J connectivity index is 2.08. The number of phenols is 1. The molecule has 0 heterocycles. The van der Waals surface area contributed by atoms with E-state index in [-0.39, 0.29) is 18.1 Å². The molecule has 2 aromatic rings. The van der Waals surface area contributed by atoms with E-state index in [1.54, 1.807) is 12.1 Å². The zero-order chi connectivity index (χ0) is 15.2. The fourth-order valence-electron chi connectivity index (χ4n) is 1.95. The summed E-state index contributed by atoms with van der Waals surface area (Å²) in [6, 6.07) is 13.6. The summed E-state index contributed by atoms with van der Waals surface area (Å²) in [5.41, 5.74) is 1.21. The van der Waals surface area contributed by atoms with Crippen LogP contribution in [0.3, 0.4) is 0 Å². The Labute approximate surface area is 121 Å². The maximum atomic E-state index is 11.9. The number of hydrogen-bond donors (Lipinski definition) is 3. The molecule has 1 amide bonds. The molecule has 0 bridgehead atoms. The molecule has 0 aliphatic heterocycles. The molecule has 21 heavy (non-hydrogen) atoms. The topological polar surface area (TPSA) is 86.6 Å². The highest BCUT2D eigenvalue weighted by Gasteiger charge is 2.21. The summed E-state index contributed by atoms with van der Waals surface area (Å²) in [7, 11) is 0. The first kappa shape index (κ1) is 14.6. The maximum absolute atomic E-state index is 11.9. The van der Waals surface area contributed by atoms with Crippen molar-refractivity contribution in [1.82, 2.24) is 5.32 Å². The minimum Gasteiger partial charge on any atom is -0.508 e. The fourth-order valence-corrected chi connectivity index (χ4v) is 1.95. The van der Waals surface area contributed by atoms with E-state index < -0.39 is 12.0 Å². The van der Waals surface area contributed by atoms with Crippen LogP contribution in [0.15, 0.2) is 54.6 Å². The van der Waals surface area contributed by atoms with Crippen molar-refractivity contribution < 1.29 is 19.8 Å². The van der Waals surface area contributed by atoms with E-state index in [0.717, 1.165) is 5.56 Å². The zero-order valence-corrected chi connectivity index (χ0v) is 11.2. The zero-order valence-electron chi connectivity index (χ0n) is 11.2. The average Bonchev–Trinajstić information content (AvgIpc) is 2.47. The van der Waals surface area contributed by atoms with Gasteiger partial charge in [-0.1, -0.05) is 42.5 Å². The van der Waals surface area contributed by atoms with Crippen LogP contribution in [-0.2, 0) is 16.0 Å². The first-order valence-corrected chi connectivity index (χ1v) is 6.41. The van der Waals surface area contributed by atoms with Crippen LogP contribution in [0.1, 0.15) is 17.2 Å². The number of carboxylic acids is 1. The molecule has 108 valence electrons.